The first kappa shape index (κ1) is 13.1. The monoisotopic (exact) mass is 288 g/mol. The van der Waals surface area contributed by atoms with E-state index in [1.165, 1.54) is 4.88 Å². The first-order chi connectivity index (χ1) is 9.81. The minimum atomic E-state index is -0.0969. The molecule has 2 N–H and O–H groups in total. The van der Waals surface area contributed by atoms with Crippen molar-refractivity contribution in [1.29, 1.82) is 0 Å². The molecule has 2 aromatic rings. The molecule has 4 nitrogen and oxygen atoms in total. The maximum atomic E-state index is 11.3. The van der Waals surface area contributed by atoms with Crippen LogP contribution in [-0.2, 0) is 17.8 Å². The summed E-state index contributed by atoms with van der Waals surface area (Å²) in [6.07, 6.45) is 1.04. The maximum Gasteiger partial charge on any atom is 0.262 e. The van der Waals surface area contributed by atoms with Gasteiger partial charge in [-0.1, -0.05) is 12.1 Å². The van der Waals surface area contributed by atoms with Gasteiger partial charge in [0.2, 0.25) is 0 Å². The molecular weight excluding hydrogens is 272 g/mol. The third kappa shape index (κ3) is 3.18. The molecule has 0 bridgehead atoms. The Labute approximate surface area is 121 Å². The van der Waals surface area contributed by atoms with E-state index in [0.29, 0.717) is 0 Å². The molecule has 0 saturated carbocycles. The van der Waals surface area contributed by atoms with E-state index < -0.39 is 0 Å². The van der Waals surface area contributed by atoms with Crippen molar-refractivity contribution >= 4 is 22.9 Å². The van der Waals surface area contributed by atoms with Gasteiger partial charge in [-0.2, -0.15) is 0 Å². The van der Waals surface area contributed by atoms with Crippen LogP contribution in [-0.4, -0.2) is 19.1 Å². The normalized spacial score (nSPS) is 13.5. The average Bonchev–Trinajstić information content (AvgIpc) is 2.96. The number of anilines is 1. The van der Waals surface area contributed by atoms with E-state index in [9.17, 15) is 4.79 Å². The summed E-state index contributed by atoms with van der Waals surface area (Å²) in [7, 11) is 0. The van der Waals surface area contributed by atoms with E-state index in [1.807, 2.05) is 18.2 Å². The Morgan fingerprint density at radius 2 is 2.30 bits per heavy atom. The molecule has 0 aliphatic carbocycles. The quantitative estimate of drug-likeness (QED) is 0.831. The fourth-order valence-electron chi connectivity index (χ4n) is 2.14. The standard InChI is InChI=1S/C15H16N2O2S/c18-15-10-19-14-4-3-11(8-13(14)17-15)9-16-6-5-12-2-1-7-20-12/h1-4,7-8,16H,5-6,9-10H2,(H,17,18). The Morgan fingerprint density at radius 3 is 3.15 bits per heavy atom. The molecule has 0 spiro atoms. The van der Waals surface area contributed by atoms with Gasteiger partial charge in [0.25, 0.3) is 5.91 Å². The summed E-state index contributed by atoms with van der Waals surface area (Å²) in [4.78, 5) is 12.7. The Balaban J connectivity index is 1.53. The number of ether oxygens (including phenoxy) is 1. The zero-order valence-electron chi connectivity index (χ0n) is 11.0. The van der Waals surface area contributed by atoms with Crippen molar-refractivity contribution < 1.29 is 9.53 Å². The van der Waals surface area contributed by atoms with Crippen LogP contribution in [0.1, 0.15) is 10.4 Å². The van der Waals surface area contributed by atoms with Gasteiger partial charge in [-0.3, -0.25) is 4.79 Å². The Bertz CT molecular complexity index is 596. The topological polar surface area (TPSA) is 50.4 Å². The van der Waals surface area contributed by atoms with Crippen LogP contribution in [0.5, 0.6) is 5.75 Å². The molecule has 1 aromatic heterocycles. The van der Waals surface area contributed by atoms with Crippen LogP contribution in [0.3, 0.4) is 0 Å². The van der Waals surface area contributed by atoms with Gasteiger partial charge < -0.3 is 15.4 Å². The molecule has 1 aromatic carbocycles. The summed E-state index contributed by atoms with van der Waals surface area (Å²) in [6.45, 7) is 1.83. The van der Waals surface area contributed by atoms with Crippen LogP contribution in [0.25, 0.3) is 0 Å². The molecule has 20 heavy (non-hydrogen) atoms. The number of benzene rings is 1. The molecule has 0 unspecified atom stereocenters. The highest BCUT2D eigenvalue weighted by Gasteiger charge is 2.15. The van der Waals surface area contributed by atoms with Crippen molar-refractivity contribution in [2.45, 2.75) is 13.0 Å². The minimum Gasteiger partial charge on any atom is -0.482 e. The Morgan fingerprint density at radius 1 is 1.35 bits per heavy atom. The van der Waals surface area contributed by atoms with Crippen molar-refractivity contribution in [3.63, 3.8) is 0 Å². The summed E-state index contributed by atoms with van der Waals surface area (Å²) < 4.78 is 5.33. The smallest absolute Gasteiger partial charge is 0.262 e. The lowest BCUT2D eigenvalue weighted by molar-refractivity contribution is -0.118. The highest BCUT2D eigenvalue weighted by Crippen LogP contribution is 2.28. The van der Waals surface area contributed by atoms with Crippen LogP contribution < -0.4 is 15.4 Å². The molecule has 0 atom stereocenters. The van der Waals surface area contributed by atoms with E-state index >= 15 is 0 Å². The number of carbonyl (C=O) groups excluding carboxylic acids is 1. The third-order valence-corrected chi connectivity index (χ3v) is 4.07. The number of amides is 1. The van der Waals surface area contributed by atoms with Gasteiger partial charge in [0.1, 0.15) is 5.75 Å². The predicted molar refractivity (Wildman–Crippen MR) is 80.3 cm³/mol. The van der Waals surface area contributed by atoms with Gasteiger partial charge in [0.05, 0.1) is 5.69 Å². The molecule has 1 aliphatic heterocycles. The number of fused-ring (bicyclic) bond motifs is 1. The van der Waals surface area contributed by atoms with Crippen LogP contribution in [0.2, 0.25) is 0 Å². The van der Waals surface area contributed by atoms with Crippen molar-refractivity contribution in [3.05, 3.63) is 46.2 Å². The summed E-state index contributed by atoms with van der Waals surface area (Å²) >= 11 is 1.78. The molecule has 1 amide bonds. The minimum absolute atomic E-state index is 0.0969. The SMILES string of the molecule is O=C1COc2ccc(CNCCc3cccs3)cc2N1. The molecule has 0 fully saturated rings. The molecule has 0 saturated heterocycles. The number of thiophene rings is 1. The first-order valence-electron chi connectivity index (χ1n) is 6.60. The molecule has 0 radical (unpaired) electrons. The molecule has 3 rings (SSSR count). The Hall–Kier alpha value is -1.85. The van der Waals surface area contributed by atoms with E-state index in [2.05, 4.69) is 28.1 Å². The average molecular weight is 288 g/mol. The molecule has 2 heterocycles. The number of hydrogen-bond acceptors (Lipinski definition) is 4. The van der Waals surface area contributed by atoms with Crippen LogP contribution in [0.15, 0.2) is 35.7 Å². The lowest BCUT2D eigenvalue weighted by Gasteiger charge is -2.18. The van der Waals surface area contributed by atoms with Gasteiger partial charge in [-0.25, -0.2) is 0 Å². The van der Waals surface area contributed by atoms with Gasteiger partial charge >= 0.3 is 0 Å². The fraction of sp³-hybridized carbons (Fsp3) is 0.267. The van der Waals surface area contributed by atoms with Crippen molar-refractivity contribution in [2.24, 2.45) is 0 Å². The molecule has 1 aliphatic rings. The number of nitrogens with one attached hydrogen (secondary N) is 2. The van der Waals surface area contributed by atoms with Gasteiger partial charge in [-0.05, 0) is 35.6 Å². The fourth-order valence-corrected chi connectivity index (χ4v) is 2.85. The second kappa shape index (κ2) is 6.07. The molecule has 5 heteroatoms. The summed E-state index contributed by atoms with van der Waals surface area (Å²) in [5, 5.41) is 8.33. The maximum absolute atomic E-state index is 11.3. The van der Waals surface area contributed by atoms with E-state index in [0.717, 1.165) is 36.5 Å². The zero-order valence-corrected chi connectivity index (χ0v) is 11.8. The van der Waals surface area contributed by atoms with E-state index in [-0.39, 0.29) is 12.5 Å². The van der Waals surface area contributed by atoms with E-state index in [1.54, 1.807) is 11.3 Å². The number of hydrogen-bond donors (Lipinski definition) is 2. The lowest BCUT2D eigenvalue weighted by Crippen LogP contribution is -2.25. The second-order valence-corrected chi connectivity index (χ2v) is 5.71. The summed E-state index contributed by atoms with van der Waals surface area (Å²) in [5.74, 6) is 0.646. The molecule has 104 valence electrons. The van der Waals surface area contributed by atoms with Gasteiger partial charge in [0.15, 0.2) is 6.61 Å². The van der Waals surface area contributed by atoms with Gasteiger partial charge in [0, 0.05) is 18.0 Å². The van der Waals surface area contributed by atoms with Crippen molar-refractivity contribution in [1.82, 2.24) is 5.32 Å². The van der Waals surface area contributed by atoms with Crippen LogP contribution >= 0.6 is 11.3 Å². The summed E-state index contributed by atoms with van der Waals surface area (Å²) in [6, 6.07) is 10.1. The van der Waals surface area contributed by atoms with Crippen LogP contribution in [0, 0.1) is 0 Å². The van der Waals surface area contributed by atoms with E-state index in [4.69, 9.17) is 4.74 Å². The van der Waals surface area contributed by atoms with Gasteiger partial charge in [-0.15, -0.1) is 11.3 Å². The largest absolute Gasteiger partial charge is 0.482 e. The third-order valence-electron chi connectivity index (χ3n) is 3.13. The first-order valence-corrected chi connectivity index (χ1v) is 7.48. The van der Waals surface area contributed by atoms with Crippen molar-refractivity contribution in [3.8, 4) is 5.75 Å². The predicted octanol–water partition coefficient (Wildman–Crippen LogP) is 2.41. The zero-order chi connectivity index (χ0) is 13.8. The summed E-state index contributed by atoms with van der Waals surface area (Å²) in [5.41, 5.74) is 1.90. The molecular formula is C15H16N2O2S. The lowest BCUT2D eigenvalue weighted by atomic mass is 10.1. The second-order valence-electron chi connectivity index (χ2n) is 4.67. The Kier molecular flexibility index (Phi) is 3.99. The highest BCUT2D eigenvalue weighted by atomic mass is 32.1. The van der Waals surface area contributed by atoms with Crippen molar-refractivity contribution in [2.75, 3.05) is 18.5 Å². The number of carbonyl (C=O) groups is 1. The highest BCUT2D eigenvalue weighted by molar-refractivity contribution is 7.09. The van der Waals surface area contributed by atoms with Crippen LogP contribution in [0.4, 0.5) is 5.69 Å². The number of rotatable bonds is 5.